The van der Waals surface area contributed by atoms with Crippen LogP contribution in [0.2, 0.25) is 0 Å². The highest BCUT2D eigenvalue weighted by atomic mass is 127. The lowest BCUT2D eigenvalue weighted by atomic mass is 10.9. The van der Waals surface area contributed by atoms with Gasteiger partial charge in [-0.3, -0.25) is 4.79 Å². The van der Waals surface area contributed by atoms with Crippen LogP contribution in [0.15, 0.2) is 3.21 Å². The molecule has 9 heavy (non-hydrogen) atoms. The summed E-state index contributed by atoms with van der Waals surface area (Å²) in [6.07, 6.45) is 0. The number of halogens is 3. The minimum absolute atomic E-state index is 0.0145. The van der Waals surface area contributed by atoms with Gasteiger partial charge in [0.1, 0.15) is 0 Å². The Morgan fingerprint density at radius 1 is 1.67 bits per heavy atom. The lowest BCUT2D eigenvalue weighted by Gasteiger charge is -1.90. The van der Waals surface area contributed by atoms with Crippen LogP contribution in [0.1, 0.15) is 0 Å². The second-order valence-corrected chi connectivity index (χ2v) is 5.95. The van der Waals surface area contributed by atoms with Gasteiger partial charge < -0.3 is 0 Å². The number of hydrogen-bond donors (Lipinski definition) is 0. The predicted molar refractivity (Wildman–Crippen MR) is 61.5 cm³/mol. The average molecular weight is 414 g/mol. The average Bonchev–Trinajstić information content (AvgIpc) is 1.90. The van der Waals surface area contributed by atoms with Gasteiger partial charge in [0.25, 0.3) is 4.69 Å². The second-order valence-electron chi connectivity index (χ2n) is 1.11. The van der Waals surface area contributed by atoms with Crippen molar-refractivity contribution >= 4 is 74.1 Å². The Balaban J connectivity index is 2.84. The van der Waals surface area contributed by atoms with E-state index in [1.807, 2.05) is 0 Å². The molecule has 5 heteroatoms. The van der Waals surface area contributed by atoms with E-state index in [0.717, 1.165) is 3.72 Å². The summed E-state index contributed by atoms with van der Waals surface area (Å²) in [5, 5.41) is 0. The van der Waals surface area contributed by atoms with Crippen LogP contribution in [0.5, 0.6) is 0 Å². The topological polar surface area (TPSA) is 29.4 Å². The zero-order chi connectivity index (χ0) is 6.69. The molecule has 0 N–H and O–H groups in total. The molecule has 0 aromatic heterocycles. The first kappa shape index (κ1) is 8.12. The largest absolute Gasteiger partial charge is 0.279 e. The van der Waals surface area contributed by atoms with Crippen LogP contribution in [0, 0.1) is 0 Å². The monoisotopic (exact) mass is 413 g/mol. The minimum atomic E-state index is -0.191. The number of rotatable bonds is 1. The Morgan fingerprint density at radius 2 is 2.44 bits per heavy atom. The molecular weight excluding hydrogens is 412 g/mol. The van der Waals surface area contributed by atoms with E-state index in [2.05, 4.69) is 27.2 Å². The van der Waals surface area contributed by atoms with Crippen LogP contribution in [-0.4, -0.2) is 16.4 Å². The lowest BCUT2D eigenvalue weighted by molar-refractivity contribution is -0.104. The van der Waals surface area contributed by atoms with Crippen LogP contribution < -0.4 is 0 Å². The summed E-state index contributed by atoms with van der Waals surface area (Å²) in [7, 11) is 0. The fourth-order valence-corrected chi connectivity index (χ4v) is 5.98. The van der Waals surface area contributed by atoms with Crippen molar-refractivity contribution in [1.29, 1.82) is 0 Å². The van der Waals surface area contributed by atoms with E-state index in [0.29, 0.717) is 0 Å². The molecule has 2 nitrogen and oxygen atoms in total. The number of carbonyl (C=O) groups excluding carboxylic acids is 1. The molecule has 0 saturated carbocycles. The molecule has 0 fully saturated rings. The van der Waals surface area contributed by atoms with Gasteiger partial charge in [0.2, 0.25) is 0 Å². The third-order valence-electron chi connectivity index (χ3n) is 0.555. The summed E-state index contributed by atoms with van der Waals surface area (Å²) in [5.74, 6) is 0. The van der Waals surface area contributed by atoms with E-state index < -0.39 is 0 Å². The van der Waals surface area contributed by atoms with Crippen molar-refractivity contribution in [2.75, 3.05) is 0 Å². The molecule has 0 aliphatic carbocycles. The highest BCUT2D eigenvalue weighted by molar-refractivity contribution is 14.2. The summed E-state index contributed by atoms with van der Waals surface area (Å²) in [6, 6.07) is 0. The van der Waals surface area contributed by atoms with Crippen molar-refractivity contribution in [3.8, 4) is 0 Å². The SMILES string of the molecule is O=C(Br)C1=NI=CC=I1. The molecule has 1 rings (SSSR count). The van der Waals surface area contributed by atoms with Crippen molar-refractivity contribution in [1.82, 2.24) is 0 Å². The molecule has 0 radical (unpaired) electrons. The molecule has 0 amide bonds. The van der Waals surface area contributed by atoms with Crippen molar-refractivity contribution in [2.24, 2.45) is 3.21 Å². The van der Waals surface area contributed by atoms with Gasteiger partial charge in [-0.2, -0.15) is 0 Å². The Hall–Kier alpha value is 1.02. The molecule has 0 unspecified atom stereocenters. The molecule has 0 aromatic carbocycles. The number of hydrogen-bond acceptors (Lipinski definition) is 2. The third kappa shape index (κ3) is 2.62. The van der Waals surface area contributed by atoms with Crippen LogP contribution in [0.3, 0.4) is 0 Å². The molecule has 1 aliphatic rings. The fraction of sp³-hybridized carbons (Fsp3) is 0. The van der Waals surface area contributed by atoms with Crippen LogP contribution in [-0.2, 0) is 4.79 Å². The summed E-state index contributed by atoms with van der Waals surface area (Å²) in [6.45, 7) is 0. The van der Waals surface area contributed by atoms with Crippen molar-refractivity contribution < 1.29 is 4.79 Å². The lowest BCUT2D eigenvalue weighted by Crippen LogP contribution is -1.97. The van der Waals surface area contributed by atoms with Gasteiger partial charge in [-0.25, -0.2) is 3.21 Å². The fourth-order valence-electron chi connectivity index (χ4n) is 0.270. The predicted octanol–water partition coefficient (Wildman–Crippen LogP) is 1.78. The van der Waals surface area contributed by atoms with E-state index in [-0.39, 0.29) is 46.4 Å². The van der Waals surface area contributed by atoms with Crippen LogP contribution >= 0.6 is 57.7 Å². The molecule has 0 bridgehead atoms. The maximum absolute atomic E-state index is 10.6. The summed E-state index contributed by atoms with van der Waals surface area (Å²) >= 11 is 2.51. The zero-order valence-corrected chi connectivity index (χ0v) is 10.0. The quantitative estimate of drug-likeness (QED) is 0.476. The highest BCUT2D eigenvalue weighted by Gasteiger charge is 2.03. The van der Waals surface area contributed by atoms with E-state index >= 15 is 0 Å². The first-order chi connectivity index (χ1) is 4.30. The Kier molecular flexibility index (Phi) is 3.62. The number of carbonyl (C=O) groups is 1. The maximum atomic E-state index is 10.6. The van der Waals surface area contributed by atoms with E-state index in [4.69, 9.17) is 0 Å². The van der Waals surface area contributed by atoms with Gasteiger partial charge in [0.15, 0.2) is 3.72 Å². The molecule has 0 saturated heterocycles. The molecular formula is C4H2BrI2NO. The van der Waals surface area contributed by atoms with Gasteiger partial charge in [0, 0.05) is 21.0 Å². The van der Waals surface area contributed by atoms with E-state index in [1.165, 1.54) is 0 Å². The smallest absolute Gasteiger partial charge is 0.252 e. The van der Waals surface area contributed by atoms with Crippen molar-refractivity contribution in [3.63, 3.8) is 0 Å². The molecule has 0 atom stereocenters. The molecule has 1 heterocycles. The van der Waals surface area contributed by atoms with Crippen LogP contribution in [0.4, 0.5) is 0 Å². The zero-order valence-electron chi connectivity index (χ0n) is 4.14. The van der Waals surface area contributed by atoms with Gasteiger partial charge in [-0.05, 0) is 24.0 Å². The normalized spacial score (nSPS) is 17.2. The first-order valence-corrected chi connectivity index (χ1v) is 7.32. The summed E-state index contributed by atoms with van der Waals surface area (Å²) in [4.78, 5) is 10.6. The van der Waals surface area contributed by atoms with Crippen LogP contribution in [0.25, 0.3) is 0 Å². The van der Waals surface area contributed by atoms with Gasteiger partial charge in [-0.1, -0.05) is 20.7 Å². The maximum Gasteiger partial charge on any atom is 0.252 e. The highest BCUT2D eigenvalue weighted by Crippen LogP contribution is 2.14. The molecule has 0 spiro atoms. The van der Waals surface area contributed by atoms with Gasteiger partial charge in [-0.15, -0.1) is 0 Å². The standard InChI is InChI=1S/C4H2BrI2NO/c5-3(9)4-6-1-2-7-8-4/h1-2H. The second kappa shape index (κ2) is 4.02. The minimum Gasteiger partial charge on any atom is -0.279 e. The van der Waals surface area contributed by atoms with Crippen molar-refractivity contribution in [3.05, 3.63) is 0 Å². The summed E-state index contributed by atoms with van der Waals surface area (Å²) in [5.41, 5.74) is 0. The molecule has 50 valence electrons. The Bertz CT molecular complexity index is 221. The number of nitrogens with zero attached hydrogens (tertiary/aromatic N) is 1. The summed E-state index contributed by atoms with van der Waals surface area (Å²) < 4.78 is 9.10. The van der Waals surface area contributed by atoms with Gasteiger partial charge >= 0.3 is 0 Å². The van der Waals surface area contributed by atoms with E-state index in [1.54, 1.807) is 0 Å². The van der Waals surface area contributed by atoms with E-state index in [9.17, 15) is 4.79 Å². The molecule has 1 aliphatic heterocycles. The Labute approximate surface area is 81.1 Å². The first-order valence-electron chi connectivity index (χ1n) is 1.99. The third-order valence-corrected chi connectivity index (χ3v) is 7.45. The van der Waals surface area contributed by atoms with Crippen molar-refractivity contribution in [2.45, 2.75) is 0 Å². The molecule has 0 aromatic rings. The Morgan fingerprint density at radius 3 is 2.78 bits per heavy atom. The van der Waals surface area contributed by atoms with Gasteiger partial charge in [0.05, 0.1) is 0 Å².